The van der Waals surface area contributed by atoms with Crippen molar-refractivity contribution < 1.29 is 28.0 Å². The van der Waals surface area contributed by atoms with Gasteiger partial charge in [-0.2, -0.15) is 8.42 Å². The normalized spacial score (nSPS) is 14.4. The summed E-state index contributed by atoms with van der Waals surface area (Å²) in [5.41, 5.74) is 0. The first kappa shape index (κ1) is 39.0. The number of aliphatic hydroxyl groups is 2. The molecule has 0 radical (unpaired) electrons. The Morgan fingerprint density at radius 2 is 1.05 bits per heavy atom. The van der Waals surface area contributed by atoms with Gasteiger partial charge in [0.05, 0.1) is 17.9 Å². The fourth-order valence-electron chi connectivity index (χ4n) is 4.98. The largest absolute Gasteiger partial charge is 0.391 e. The molecule has 0 spiro atoms. The first-order valence-corrected chi connectivity index (χ1v) is 18.1. The lowest BCUT2D eigenvalue weighted by atomic mass is 10.0. The van der Waals surface area contributed by atoms with E-state index < -0.39 is 40.0 Å². The van der Waals surface area contributed by atoms with E-state index >= 15 is 0 Å². The lowest BCUT2D eigenvalue weighted by molar-refractivity contribution is -0.131. The Morgan fingerprint density at radius 3 is 1.52 bits per heavy atom. The highest BCUT2D eigenvalue weighted by Gasteiger charge is 2.28. The van der Waals surface area contributed by atoms with E-state index in [4.69, 9.17) is 0 Å². The molecule has 0 aromatic carbocycles. The van der Waals surface area contributed by atoms with Gasteiger partial charge in [0, 0.05) is 0 Å². The number of aliphatic hydroxyl groups excluding tert-OH is 2. The maximum atomic E-state index is 12.5. The standard InChI is InChI=1S/C32H63NO6S/c1-3-5-7-9-11-13-14-15-16-17-19-21-23-25-27-31(35)32(36)33-29(28-40(37,38)39)30(34)26-24-22-20-18-12-10-8-6-4-2/h13-14,29-31,34-35H,3-12,15-28H2,1-2H3,(H,33,36)(H,37,38,39)/b14-13-. The molecule has 4 N–H and O–H groups in total. The zero-order valence-corrected chi connectivity index (χ0v) is 26.6. The average molecular weight is 590 g/mol. The first-order valence-electron chi connectivity index (χ1n) is 16.5. The Morgan fingerprint density at radius 1 is 0.650 bits per heavy atom. The fourth-order valence-corrected chi connectivity index (χ4v) is 5.74. The highest BCUT2D eigenvalue weighted by Crippen LogP contribution is 2.15. The van der Waals surface area contributed by atoms with Crippen molar-refractivity contribution in [2.75, 3.05) is 5.75 Å². The molecular formula is C32H63NO6S. The molecule has 0 fully saturated rings. The molecule has 0 saturated heterocycles. The Hall–Kier alpha value is -0.960. The van der Waals surface area contributed by atoms with Crippen LogP contribution in [0.15, 0.2) is 12.2 Å². The minimum Gasteiger partial charge on any atom is -0.391 e. The number of carbonyl (C=O) groups excluding carboxylic acids is 1. The van der Waals surface area contributed by atoms with Crippen molar-refractivity contribution in [3.63, 3.8) is 0 Å². The number of amides is 1. The molecule has 0 aromatic rings. The number of hydrogen-bond donors (Lipinski definition) is 4. The number of nitrogens with one attached hydrogen (secondary N) is 1. The first-order chi connectivity index (χ1) is 19.2. The third kappa shape index (κ3) is 26.0. The summed E-state index contributed by atoms with van der Waals surface area (Å²) < 4.78 is 32.2. The predicted octanol–water partition coefficient (Wildman–Crippen LogP) is 7.65. The molecule has 1 amide bonds. The summed E-state index contributed by atoms with van der Waals surface area (Å²) in [6.45, 7) is 4.43. The zero-order chi connectivity index (χ0) is 29.9. The van der Waals surface area contributed by atoms with Gasteiger partial charge in [-0.05, 0) is 38.5 Å². The monoisotopic (exact) mass is 589 g/mol. The minimum atomic E-state index is -4.39. The van der Waals surface area contributed by atoms with Crippen molar-refractivity contribution in [1.82, 2.24) is 5.32 Å². The number of rotatable bonds is 29. The van der Waals surface area contributed by atoms with Gasteiger partial charge in [0.2, 0.25) is 5.91 Å². The Balaban J connectivity index is 4.11. The average Bonchev–Trinajstić information content (AvgIpc) is 2.90. The van der Waals surface area contributed by atoms with Crippen LogP contribution in [0.3, 0.4) is 0 Å². The quantitative estimate of drug-likeness (QED) is 0.0404. The summed E-state index contributed by atoms with van der Waals surface area (Å²) in [4.78, 5) is 12.5. The maximum absolute atomic E-state index is 12.5. The van der Waals surface area contributed by atoms with E-state index in [0.717, 1.165) is 44.9 Å². The molecule has 0 rings (SSSR count). The van der Waals surface area contributed by atoms with Crippen LogP contribution in [0.1, 0.15) is 162 Å². The topological polar surface area (TPSA) is 124 Å². The van der Waals surface area contributed by atoms with E-state index in [0.29, 0.717) is 25.7 Å². The van der Waals surface area contributed by atoms with Crippen molar-refractivity contribution in [1.29, 1.82) is 0 Å². The van der Waals surface area contributed by atoms with Gasteiger partial charge in [-0.25, -0.2) is 0 Å². The third-order valence-electron chi connectivity index (χ3n) is 7.58. The molecule has 0 aliphatic rings. The van der Waals surface area contributed by atoms with E-state index in [2.05, 4.69) is 31.3 Å². The molecule has 0 aromatic heterocycles. The van der Waals surface area contributed by atoms with Crippen LogP contribution in [0.4, 0.5) is 0 Å². The van der Waals surface area contributed by atoms with Crippen LogP contribution < -0.4 is 5.32 Å². The van der Waals surface area contributed by atoms with Crippen molar-refractivity contribution in [3.8, 4) is 0 Å². The zero-order valence-electron chi connectivity index (χ0n) is 25.8. The van der Waals surface area contributed by atoms with Gasteiger partial charge in [0.25, 0.3) is 10.1 Å². The van der Waals surface area contributed by atoms with E-state index in [1.54, 1.807) is 0 Å². The summed E-state index contributed by atoms with van der Waals surface area (Å²) in [6, 6.07) is -1.14. The van der Waals surface area contributed by atoms with Crippen LogP contribution >= 0.6 is 0 Å². The highest BCUT2D eigenvalue weighted by molar-refractivity contribution is 7.85. The van der Waals surface area contributed by atoms with E-state index in [9.17, 15) is 28.0 Å². The van der Waals surface area contributed by atoms with E-state index in [1.165, 1.54) is 77.0 Å². The van der Waals surface area contributed by atoms with Crippen molar-refractivity contribution in [3.05, 3.63) is 12.2 Å². The molecule has 3 unspecified atom stereocenters. The molecule has 0 heterocycles. The molecule has 0 aliphatic heterocycles. The molecule has 8 heteroatoms. The van der Waals surface area contributed by atoms with Gasteiger partial charge in [-0.1, -0.05) is 135 Å². The van der Waals surface area contributed by atoms with Gasteiger partial charge < -0.3 is 15.5 Å². The SMILES string of the molecule is CCCCCC/C=C\CCCCCCCCC(O)C(=O)NC(CS(=O)(=O)O)C(O)CCCCCCCCCCC. The van der Waals surface area contributed by atoms with Crippen LogP contribution in [-0.4, -0.2) is 53.1 Å². The van der Waals surface area contributed by atoms with Crippen LogP contribution in [0, 0.1) is 0 Å². The second-order valence-electron chi connectivity index (χ2n) is 11.6. The highest BCUT2D eigenvalue weighted by atomic mass is 32.2. The predicted molar refractivity (Wildman–Crippen MR) is 167 cm³/mol. The summed E-state index contributed by atoms with van der Waals surface area (Å²) in [5, 5.41) is 23.3. The van der Waals surface area contributed by atoms with Gasteiger partial charge in [-0.3, -0.25) is 9.35 Å². The van der Waals surface area contributed by atoms with Gasteiger partial charge in [0.15, 0.2) is 0 Å². The third-order valence-corrected chi connectivity index (χ3v) is 8.36. The summed E-state index contributed by atoms with van der Waals surface area (Å²) in [7, 11) is -4.39. The number of allylic oxidation sites excluding steroid dienone is 2. The molecule has 0 saturated carbocycles. The van der Waals surface area contributed by atoms with Crippen molar-refractivity contribution in [2.45, 2.75) is 180 Å². The molecule has 0 aliphatic carbocycles. The molecule has 7 nitrogen and oxygen atoms in total. The van der Waals surface area contributed by atoms with Crippen LogP contribution in [-0.2, 0) is 14.9 Å². The van der Waals surface area contributed by atoms with Crippen LogP contribution in [0.5, 0.6) is 0 Å². The van der Waals surface area contributed by atoms with Crippen LogP contribution in [0.2, 0.25) is 0 Å². The number of hydrogen-bond acceptors (Lipinski definition) is 5. The van der Waals surface area contributed by atoms with E-state index in [-0.39, 0.29) is 0 Å². The molecule has 3 atom stereocenters. The lowest BCUT2D eigenvalue weighted by Gasteiger charge is -2.24. The van der Waals surface area contributed by atoms with Gasteiger partial charge >= 0.3 is 0 Å². The lowest BCUT2D eigenvalue weighted by Crippen LogP contribution is -2.50. The van der Waals surface area contributed by atoms with Crippen molar-refractivity contribution in [2.24, 2.45) is 0 Å². The second kappa shape index (κ2) is 26.9. The van der Waals surface area contributed by atoms with Gasteiger partial charge in [-0.15, -0.1) is 0 Å². The Bertz CT molecular complexity index is 712. The Kier molecular flexibility index (Phi) is 26.3. The molecule has 40 heavy (non-hydrogen) atoms. The fraction of sp³-hybridized carbons (Fsp3) is 0.906. The number of unbranched alkanes of at least 4 members (excludes halogenated alkanes) is 18. The summed E-state index contributed by atoms with van der Waals surface area (Å²) in [5.74, 6) is -1.46. The smallest absolute Gasteiger partial charge is 0.266 e. The van der Waals surface area contributed by atoms with E-state index in [1.807, 2.05) is 0 Å². The Labute approximate surface area is 246 Å². The molecule has 238 valence electrons. The maximum Gasteiger partial charge on any atom is 0.266 e. The summed E-state index contributed by atoms with van der Waals surface area (Å²) >= 11 is 0. The molecular weight excluding hydrogens is 526 g/mol. The van der Waals surface area contributed by atoms with Gasteiger partial charge in [0.1, 0.15) is 6.10 Å². The van der Waals surface area contributed by atoms with Crippen LogP contribution in [0.25, 0.3) is 0 Å². The molecule has 0 bridgehead atoms. The summed E-state index contributed by atoms with van der Waals surface area (Å²) in [6.07, 6.45) is 26.7. The minimum absolute atomic E-state index is 0.291. The number of carbonyl (C=O) groups is 1. The van der Waals surface area contributed by atoms with Crippen molar-refractivity contribution >= 4 is 16.0 Å². The second-order valence-corrected chi connectivity index (χ2v) is 13.1.